The van der Waals surface area contributed by atoms with E-state index in [1.165, 1.54) is 24.3 Å². The Labute approximate surface area is 161 Å². The summed E-state index contributed by atoms with van der Waals surface area (Å²) in [5, 5.41) is 13.5. The molecule has 1 atom stereocenters. The van der Waals surface area contributed by atoms with Crippen molar-refractivity contribution >= 4 is 15.9 Å². The molecule has 1 heterocycles. The minimum Gasteiger partial charge on any atom is -0.505 e. The summed E-state index contributed by atoms with van der Waals surface area (Å²) in [4.78, 5) is 2.04. The van der Waals surface area contributed by atoms with Crippen LogP contribution >= 0.6 is 15.9 Å². The van der Waals surface area contributed by atoms with Gasteiger partial charge in [-0.1, -0.05) is 28.1 Å². The Balaban J connectivity index is 2.00. The Kier molecular flexibility index (Phi) is 5.92. The standard InChI is InChI=1S/C18H17BrF4N2O2/c19-12-9-14(17(26)15(20)10-12)16(25-7-5-24-6-8-25)11-1-3-13(4-2-11)27-18(21,22)23/h1-4,9-10,16,24,26H,5-8H2/t16-/m0/s1. The summed E-state index contributed by atoms with van der Waals surface area (Å²) in [5.41, 5.74) is 0.965. The lowest BCUT2D eigenvalue weighted by Crippen LogP contribution is -2.45. The topological polar surface area (TPSA) is 44.7 Å². The number of alkyl halides is 3. The van der Waals surface area contributed by atoms with Crippen LogP contribution in [0.2, 0.25) is 0 Å². The molecule has 1 aliphatic heterocycles. The number of nitrogens with one attached hydrogen (secondary N) is 1. The molecule has 0 spiro atoms. The molecule has 0 unspecified atom stereocenters. The zero-order chi connectivity index (χ0) is 19.6. The first kappa shape index (κ1) is 19.9. The van der Waals surface area contributed by atoms with E-state index >= 15 is 0 Å². The van der Waals surface area contributed by atoms with Gasteiger partial charge in [-0.05, 0) is 29.8 Å². The number of rotatable bonds is 4. The summed E-state index contributed by atoms with van der Waals surface area (Å²) in [6, 6.07) is 7.67. The van der Waals surface area contributed by atoms with Crippen LogP contribution in [-0.2, 0) is 0 Å². The van der Waals surface area contributed by atoms with Gasteiger partial charge >= 0.3 is 6.36 Å². The molecule has 1 saturated heterocycles. The minimum atomic E-state index is -4.77. The van der Waals surface area contributed by atoms with Crippen molar-refractivity contribution in [2.75, 3.05) is 26.2 Å². The summed E-state index contributed by atoms with van der Waals surface area (Å²) in [7, 11) is 0. The van der Waals surface area contributed by atoms with Gasteiger partial charge in [0.05, 0.1) is 6.04 Å². The van der Waals surface area contributed by atoms with Crippen molar-refractivity contribution in [1.29, 1.82) is 0 Å². The van der Waals surface area contributed by atoms with Gasteiger partial charge in [0, 0.05) is 36.2 Å². The van der Waals surface area contributed by atoms with Gasteiger partial charge in [-0.25, -0.2) is 4.39 Å². The van der Waals surface area contributed by atoms with E-state index in [0.29, 0.717) is 41.8 Å². The van der Waals surface area contributed by atoms with Crippen molar-refractivity contribution in [2.45, 2.75) is 12.4 Å². The van der Waals surface area contributed by atoms with Crippen LogP contribution in [0.15, 0.2) is 40.9 Å². The van der Waals surface area contributed by atoms with E-state index < -0.39 is 24.0 Å². The SMILES string of the molecule is Oc1c(F)cc(Br)cc1[C@H](c1ccc(OC(F)(F)F)cc1)N1CCNCC1. The zero-order valence-electron chi connectivity index (χ0n) is 14.1. The van der Waals surface area contributed by atoms with E-state index in [-0.39, 0.29) is 5.75 Å². The van der Waals surface area contributed by atoms with Crippen LogP contribution < -0.4 is 10.1 Å². The van der Waals surface area contributed by atoms with Gasteiger partial charge in [0.15, 0.2) is 11.6 Å². The fraction of sp³-hybridized carbons (Fsp3) is 0.333. The maximum Gasteiger partial charge on any atom is 0.573 e. The average molecular weight is 449 g/mol. The van der Waals surface area contributed by atoms with Gasteiger partial charge in [-0.2, -0.15) is 0 Å². The van der Waals surface area contributed by atoms with E-state index in [2.05, 4.69) is 26.0 Å². The van der Waals surface area contributed by atoms with Crippen LogP contribution in [0.25, 0.3) is 0 Å². The van der Waals surface area contributed by atoms with E-state index in [1.807, 2.05) is 4.90 Å². The zero-order valence-corrected chi connectivity index (χ0v) is 15.6. The monoisotopic (exact) mass is 448 g/mol. The molecule has 3 rings (SSSR count). The maximum atomic E-state index is 14.1. The average Bonchev–Trinajstić information content (AvgIpc) is 2.60. The molecular formula is C18H17BrF4N2O2. The molecule has 0 saturated carbocycles. The van der Waals surface area contributed by atoms with Crippen molar-refractivity contribution in [1.82, 2.24) is 10.2 Å². The number of piperazine rings is 1. The van der Waals surface area contributed by atoms with Crippen molar-refractivity contribution < 1.29 is 27.4 Å². The predicted molar refractivity (Wildman–Crippen MR) is 95.2 cm³/mol. The van der Waals surface area contributed by atoms with Gasteiger partial charge in [-0.15, -0.1) is 13.2 Å². The molecule has 0 bridgehead atoms. The first-order valence-corrected chi connectivity index (χ1v) is 9.02. The molecule has 1 fully saturated rings. The maximum absolute atomic E-state index is 14.1. The second-order valence-electron chi connectivity index (χ2n) is 6.13. The molecule has 9 heteroatoms. The molecule has 2 aromatic carbocycles. The second kappa shape index (κ2) is 8.04. The lowest BCUT2D eigenvalue weighted by molar-refractivity contribution is -0.274. The Bertz CT molecular complexity index is 793. The van der Waals surface area contributed by atoms with Gasteiger partial charge in [0.25, 0.3) is 0 Å². The third kappa shape index (κ3) is 4.91. The van der Waals surface area contributed by atoms with Gasteiger partial charge in [0.2, 0.25) is 0 Å². The van der Waals surface area contributed by atoms with Crippen LogP contribution in [0.3, 0.4) is 0 Å². The third-order valence-corrected chi connectivity index (χ3v) is 4.76. The summed E-state index contributed by atoms with van der Waals surface area (Å²) in [6.45, 7) is 2.70. The number of benzene rings is 2. The first-order valence-electron chi connectivity index (χ1n) is 8.23. The fourth-order valence-electron chi connectivity index (χ4n) is 3.17. The molecule has 0 aliphatic carbocycles. The number of nitrogens with zero attached hydrogens (tertiary/aromatic N) is 1. The number of hydrogen-bond acceptors (Lipinski definition) is 4. The van der Waals surface area contributed by atoms with Gasteiger partial charge in [0.1, 0.15) is 5.75 Å². The van der Waals surface area contributed by atoms with Crippen LogP contribution in [0.1, 0.15) is 17.2 Å². The third-order valence-electron chi connectivity index (χ3n) is 4.30. The van der Waals surface area contributed by atoms with Crippen LogP contribution in [0.5, 0.6) is 11.5 Å². The predicted octanol–water partition coefficient (Wildman–Crippen LogP) is 4.19. The summed E-state index contributed by atoms with van der Waals surface area (Å²) in [6.07, 6.45) is -4.77. The van der Waals surface area contributed by atoms with E-state index in [1.54, 1.807) is 6.07 Å². The number of ether oxygens (including phenoxy) is 1. The summed E-state index contributed by atoms with van der Waals surface area (Å²) in [5.74, 6) is -1.58. The highest BCUT2D eigenvalue weighted by molar-refractivity contribution is 9.10. The van der Waals surface area contributed by atoms with E-state index in [4.69, 9.17) is 0 Å². The quantitative estimate of drug-likeness (QED) is 0.688. The molecule has 0 radical (unpaired) electrons. The lowest BCUT2D eigenvalue weighted by atomic mass is 9.95. The van der Waals surface area contributed by atoms with E-state index in [9.17, 15) is 22.7 Å². The smallest absolute Gasteiger partial charge is 0.505 e. The number of halogens is 5. The number of phenolic OH excluding ortho intramolecular Hbond substituents is 1. The van der Waals surface area contributed by atoms with E-state index in [0.717, 1.165) is 6.07 Å². The Morgan fingerprint density at radius 2 is 1.74 bits per heavy atom. The molecule has 1 aliphatic rings. The molecule has 4 nitrogen and oxygen atoms in total. The molecular weight excluding hydrogens is 432 g/mol. The van der Waals surface area contributed by atoms with Crippen molar-refractivity contribution in [3.05, 3.63) is 57.8 Å². The molecule has 2 N–H and O–H groups in total. The van der Waals surface area contributed by atoms with Crippen LogP contribution in [0.4, 0.5) is 17.6 Å². The molecule has 2 aromatic rings. The van der Waals surface area contributed by atoms with Gasteiger partial charge < -0.3 is 15.2 Å². The van der Waals surface area contributed by atoms with Crippen LogP contribution in [0, 0.1) is 5.82 Å². The highest BCUT2D eigenvalue weighted by atomic mass is 79.9. The number of phenols is 1. The molecule has 0 aromatic heterocycles. The van der Waals surface area contributed by atoms with Crippen LogP contribution in [-0.4, -0.2) is 42.5 Å². The highest BCUT2D eigenvalue weighted by Crippen LogP contribution is 2.38. The Hall–Kier alpha value is -1.84. The fourth-order valence-corrected chi connectivity index (χ4v) is 3.62. The second-order valence-corrected chi connectivity index (χ2v) is 7.05. The largest absolute Gasteiger partial charge is 0.573 e. The highest BCUT2D eigenvalue weighted by Gasteiger charge is 2.32. The summed E-state index contributed by atoms with van der Waals surface area (Å²) >= 11 is 3.23. The number of aromatic hydroxyl groups is 1. The van der Waals surface area contributed by atoms with Crippen molar-refractivity contribution in [3.63, 3.8) is 0 Å². The molecule has 146 valence electrons. The minimum absolute atomic E-state index is 0.338. The summed E-state index contributed by atoms with van der Waals surface area (Å²) < 4.78 is 55.6. The van der Waals surface area contributed by atoms with Crippen molar-refractivity contribution in [2.24, 2.45) is 0 Å². The lowest BCUT2D eigenvalue weighted by Gasteiger charge is -2.36. The first-order chi connectivity index (χ1) is 12.7. The Morgan fingerprint density at radius 3 is 2.33 bits per heavy atom. The number of hydrogen-bond donors (Lipinski definition) is 2. The molecule has 27 heavy (non-hydrogen) atoms. The normalized spacial score (nSPS) is 16.9. The van der Waals surface area contributed by atoms with Crippen molar-refractivity contribution in [3.8, 4) is 11.5 Å². The Morgan fingerprint density at radius 1 is 1.11 bits per heavy atom. The van der Waals surface area contributed by atoms with Gasteiger partial charge in [-0.3, -0.25) is 4.90 Å². The molecule has 0 amide bonds.